The highest BCUT2D eigenvalue weighted by Gasteiger charge is 2.06. The third-order valence-electron chi connectivity index (χ3n) is 2.18. The van der Waals surface area contributed by atoms with E-state index in [1.54, 1.807) is 4.90 Å². The Morgan fingerprint density at radius 3 is 1.33 bits per heavy atom. The molecular formula is C12H30NO2PS2. The van der Waals surface area contributed by atoms with Crippen LogP contribution in [0.1, 0.15) is 48.5 Å². The van der Waals surface area contributed by atoms with Crippen molar-refractivity contribution in [3.05, 3.63) is 0 Å². The summed E-state index contributed by atoms with van der Waals surface area (Å²) in [5, 5.41) is 0. The van der Waals surface area contributed by atoms with E-state index in [1.807, 2.05) is 27.7 Å². The Morgan fingerprint density at radius 2 is 1.22 bits per heavy atom. The molecule has 0 aromatic carbocycles. The minimum absolute atomic E-state index is 0.0529. The smallest absolute Gasteiger partial charge is 0.0742 e. The summed E-state index contributed by atoms with van der Waals surface area (Å²) in [7, 11) is 0. The minimum Gasteiger partial charge on any atom is -0.691 e. The van der Waals surface area contributed by atoms with Crippen LogP contribution in [0.2, 0.25) is 0 Å². The fraction of sp³-hybridized carbons (Fsp3) is 1.00. The summed E-state index contributed by atoms with van der Waals surface area (Å²) in [6.07, 6.45) is 0.106. The molecule has 0 saturated carbocycles. The van der Waals surface area contributed by atoms with Gasteiger partial charge in [-0.25, -0.2) is 0 Å². The van der Waals surface area contributed by atoms with Crippen LogP contribution in [0.15, 0.2) is 0 Å². The quantitative estimate of drug-likeness (QED) is 0.576. The van der Waals surface area contributed by atoms with Crippen molar-refractivity contribution in [3.8, 4) is 0 Å². The zero-order valence-electron chi connectivity index (χ0n) is 12.9. The van der Waals surface area contributed by atoms with Gasteiger partial charge in [0.25, 0.3) is 0 Å². The van der Waals surface area contributed by atoms with Crippen molar-refractivity contribution in [1.29, 1.82) is 0 Å². The van der Waals surface area contributed by atoms with Crippen molar-refractivity contribution in [2.24, 2.45) is 0 Å². The fourth-order valence-electron chi connectivity index (χ4n) is 1.29. The zero-order chi connectivity index (χ0) is 14.8. The molecule has 1 N–H and O–H groups in total. The van der Waals surface area contributed by atoms with Crippen LogP contribution in [-0.4, -0.2) is 31.8 Å². The molecule has 0 aromatic rings. The number of hydrogen-bond donors (Lipinski definition) is 1. The van der Waals surface area contributed by atoms with E-state index in [-0.39, 0.29) is 12.2 Å². The topological polar surface area (TPSA) is 22.9 Å². The SMILES string of the molecule is CC(C)OP(=S)([S-])OC(C)C.CC[NH+](CC)CC. The van der Waals surface area contributed by atoms with Crippen molar-refractivity contribution in [3.63, 3.8) is 0 Å². The number of rotatable bonds is 7. The van der Waals surface area contributed by atoms with E-state index >= 15 is 0 Å². The van der Waals surface area contributed by atoms with Crippen LogP contribution in [0.25, 0.3) is 0 Å². The summed E-state index contributed by atoms with van der Waals surface area (Å²) >= 11 is 9.95. The van der Waals surface area contributed by atoms with Crippen molar-refractivity contribution in [1.82, 2.24) is 0 Å². The fourth-order valence-corrected chi connectivity index (χ4v) is 4.44. The molecule has 0 spiro atoms. The predicted octanol–water partition coefficient (Wildman–Crippen LogP) is 2.54. The van der Waals surface area contributed by atoms with Gasteiger partial charge in [-0.1, -0.05) is 11.8 Å². The van der Waals surface area contributed by atoms with Crippen LogP contribution < -0.4 is 4.90 Å². The average Bonchev–Trinajstić information content (AvgIpc) is 2.16. The van der Waals surface area contributed by atoms with Crippen LogP contribution in [0.3, 0.4) is 0 Å². The molecule has 0 radical (unpaired) electrons. The molecule has 6 heteroatoms. The van der Waals surface area contributed by atoms with Gasteiger partial charge in [-0.3, -0.25) is 0 Å². The molecule has 0 aliphatic carbocycles. The molecule has 112 valence electrons. The Hall–Kier alpha value is 0.880. The normalized spacial score (nSPS) is 11.9. The van der Waals surface area contributed by atoms with Crippen LogP contribution >= 0.6 is 5.69 Å². The van der Waals surface area contributed by atoms with Crippen molar-refractivity contribution in [2.75, 3.05) is 19.6 Å². The molecule has 0 unspecified atom stereocenters. The first-order valence-corrected chi connectivity index (χ1v) is 10.3. The average molecular weight is 315 g/mol. The van der Waals surface area contributed by atoms with Gasteiger partial charge < -0.3 is 26.2 Å². The monoisotopic (exact) mass is 315 g/mol. The van der Waals surface area contributed by atoms with Gasteiger partial charge in [0.2, 0.25) is 0 Å². The van der Waals surface area contributed by atoms with Crippen molar-refractivity contribution < 1.29 is 13.9 Å². The van der Waals surface area contributed by atoms with E-state index in [9.17, 15) is 0 Å². The lowest BCUT2D eigenvalue weighted by Crippen LogP contribution is -3.11. The molecule has 0 heterocycles. The second-order valence-corrected chi connectivity index (χ2v) is 9.46. The molecule has 0 aliphatic heterocycles. The largest absolute Gasteiger partial charge is 0.691 e. The van der Waals surface area contributed by atoms with E-state index in [2.05, 4.69) is 20.8 Å². The third kappa shape index (κ3) is 14.9. The third-order valence-corrected chi connectivity index (χ3v) is 4.57. The molecule has 18 heavy (non-hydrogen) atoms. The summed E-state index contributed by atoms with van der Waals surface area (Å²) < 4.78 is 10.5. The minimum atomic E-state index is -2.39. The van der Waals surface area contributed by atoms with Crippen molar-refractivity contribution in [2.45, 2.75) is 60.7 Å². The second-order valence-electron chi connectivity index (χ2n) is 4.57. The first-order valence-electron chi connectivity index (χ1n) is 6.69. The van der Waals surface area contributed by atoms with Gasteiger partial charge >= 0.3 is 0 Å². The summed E-state index contributed by atoms with van der Waals surface area (Å²) in [5.74, 6) is 0. The van der Waals surface area contributed by atoms with Crippen LogP contribution in [0.4, 0.5) is 0 Å². The van der Waals surface area contributed by atoms with Crippen LogP contribution in [-0.2, 0) is 33.1 Å². The first kappa shape index (κ1) is 21.2. The zero-order valence-corrected chi connectivity index (χ0v) is 15.4. The molecule has 0 bridgehead atoms. The van der Waals surface area contributed by atoms with Gasteiger partial charge in [-0.15, -0.1) is 0 Å². The predicted molar refractivity (Wildman–Crippen MR) is 86.7 cm³/mol. The lowest BCUT2D eigenvalue weighted by Gasteiger charge is -2.31. The first-order chi connectivity index (χ1) is 8.18. The van der Waals surface area contributed by atoms with Gasteiger partial charge in [-0.05, 0) is 48.5 Å². The number of nitrogens with one attached hydrogen (secondary N) is 1. The van der Waals surface area contributed by atoms with E-state index < -0.39 is 5.69 Å². The highest BCUT2D eigenvalue weighted by molar-refractivity contribution is 8.51. The Bertz CT molecular complexity index is 215. The molecule has 0 saturated heterocycles. The van der Waals surface area contributed by atoms with Gasteiger partial charge in [0.05, 0.1) is 37.5 Å². The Kier molecular flexibility index (Phi) is 13.8. The number of quaternary nitrogens is 1. The van der Waals surface area contributed by atoms with Crippen molar-refractivity contribution >= 4 is 29.7 Å². The van der Waals surface area contributed by atoms with E-state index in [4.69, 9.17) is 33.1 Å². The molecule has 0 aromatic heterocycles. The van der Waals surface area contributed by atoms with Gasteiger partial charge in [0.1, 0.15) is 0 Å². The lowest BCUT2D eigenvalue weighted by molar-refractivity contribution is -0.894. The van der Waals surface area contributed by atoms with Gasteiger partial charge in [0.15, 0.2) is 0 Å². The molecule has 0 rings (SSSR count). The van der Waals surface area contributed by atoms with Gasteiger partial charge in [-0.2, -0.15) is 0 Å². The molecule has 0 aliphatic rings. The van der Waals surface area contributed by atoms with E-state index in [1.165, 1.54) is 19.6 Å². The highest BCUT2D eigenvalue weighted by Crippen LogP contribution is 2.48. The summed E-state index contributed by atoms with van der Waals surface area (Å²) in [6, 6.07) is 0. The maximum atomic E-state index is 5.27. The standard InChI is InChI=1S/C6H15N.C6H15O2PS2/c1-4-7(5-2)6-3;1-5(2)7-9(10,11)8-6(3)4/h4-6H2,1-3H3;5-6H,1-4H3,(H,10,11). The maximum Gasteiger partial charge on any atom is 0.0742 e. The van der Waals surface area contributed by atoms with Crippen LogP contribution in [0, 0.1) is 0 Å². The Labute approximate surface area is 124 Å². The van der Waals surface area contributed by atoms with E-state index in [0.29, 0.717) is 0 Å². The molecule has 3 nitrogen and oxygen atoms in total. The second kappa shape index (κ2) is 11.7. The summed E-state index contributed by atoms with van der Waals surface area (Å²) in [4.78, 5) is 1.68. The van der Waals surface area contributed by atoms with E-state index in [0.717, 1.165) is 0 Å². The molecule has 0 atom stereocenters. The Balaban J connectivity index is 0. The number of hydrogen-bond acceptors (Lipinski definition) is 4. The van der Waals surface area contributed by atoms with Gasteiger partial charge in [0, 0.05) is 0 Å². The maximum absolute atomic E-state index is 5.27. The molecular weight excluding hydrogens is 285 g/mol. The molecule has 0 amide bonds. The molecule has 0 fully saturated rings. The summed E-state index contributed by atoms with van der Waals surface area (Å²) in [6.45, 7) is 18.1. The Morgan fingerprint density at radius 1 is 0.944 bits per heavy atom. The lowest BCUT2D eigenvalue weighted by atomic mass is 10.5. The summed E-state index contributed by atoms with van der Waals surface area (Å²) in [5.41, 5.74) is -2.39. The highest BCUT2D eigenvalue weighted by atomic mass is 32.9. The van der Waals surface area contributed by atoms with Crippen LogP contribution in [0.5, 0.6) is 0 Å².